The zero-order chi connectivity index (χ0) is 39.2. The molecular formula is C43H59N3O8S. The number of carbonyl (C=O) groups is 3. The van der Waals surface area contributed by atoms with Crippen molar-refractivity contribution in [3.63, 3.8) is 0 Å². The van der Waals surface area contributed by atoms with Gasteiger partial charge in [-0.05, 0) is 65.8 Å². The van der Waals surface area contributed by atoms with Crippen molar-refractivity contribution in [3.05, 3.63) is 72.3 Å². The number of β-amino-alcohol motifs (C(OH)–C–C–N with tert-alkyl or cyclic N) is 1. The van der Waals surface area contributed by atoms with E-state index in [1.54, 1.807) is 24.3 Å². The monoisotopic (exact) mass is 777 g/mol. The fraction of sp³-hybridized carbons (Fsp3) is 0.558. The number of nitrogens with one attached hydrogen (secondary N) is 2. The van der Waals surface area contributed by atoms with Gasteiger partial charge in [0.25, 0.3) is 0 Å². The highest BCUT2D eigenvalue weighted by Gasteiger charge is 2.35. The molecule has 2 aliphatic rings. The summed E-state index contributed by atoms with van der Waals surface area (Å²) < 4.78 is 24.4. The van der Waals surface area contributed by atoms with E-state index in [9.17, 15) is 28.8 Å². The molecular weight excluding hydrogens is 719 g/mol. The molecule has 1 saturated heterocycles. The predicted molar refractivity (Wildman–Crippen MR) is 214 cm³/mol. The van der Waals surface area contributed by atoms with Gasteiger partial charge in [0.15, 0.2) is 0 Å². The molecule has 55 heavy (non-hydrogen) atoms. The van der Waals surface area contributed by atoms with Crippen LogP contribution in [0.3, 0.4) is 0 Å². The lowest BCUT2D eigenvalue weighted by Crippen LogP contribution is -2.57. The van der Waals surface area contributed by atoms with E-state index in [0.717, 1.165) is 48.4 Å². The lowest BCUT2D eigenvalue weighted by molar-refractivity contribution is -0.132. The number of aliphatic hydroxyl groups is 2. The Hall–Kier alpha value is -3.68. The molecule has 0 aromatic heterocycles. The van der Waals surface area contributed by atoms with Crippen molar-refractivity contribution in [1.29, 1.82) is 0 Å². The van der Waals surface area contributed by atoms with E-state index in [2.05, 4.69) is 15.5 Å². The summed E-state index contributed by atoms with van der Waals surface area (Å²) in [5.74, 6) is -1.34. The van der Waals surface area contributed by atoms with Gasteiger partial charge in [-0.3, -0.25) is 23.5 Å². The number of esters is 1. The molecule has 11 nitrogen and oxygen atoms in total. The first-order valence-electron chi connectivity index (χ1n) is 20.0. The van der Waals surface area contributed by atoms with E-state index in [4.69, 9.17) is 9.47 Å². The molecule has 2 fully saturated rings. The molecule has 3 aromatic carbocycles. The Morgan fingerprint density at radius 1 is 0.927 bits per heavy atom. The second-order valence-corrected chi connectivity index (χ2v) is 16.6. The fourth-order valence-electron chi connectivity index (χ4n) is 7.81. The number of ether oxygens (including phenoxy) is 2. The van der Waals surface area contributed by atoms with Crippen LogP contribution in [0.5, 0.6) is 5.75 Å². The van der Waals surface area contributed by atoms with E-state index < -0.39 is 52.9 Å². The molecule has 300 valence electrons. The van der Waals surface area contributed by atoms with E-state index in [0.29, 0.717) is 68.5 Å². The summed E-state index contributed by atoms with van der Waals surface area (Å²) in [4.78, 5) is 42.6. The third-order valence-corrected chi connectivity index (χ3v) is 12.4. The molecule has 1 saturated carbocycles. The Bertz CT molecular complexity index is 1700. The van der Waals surface area contributed by atoms with E-state index in [1.807, 2.05) is 49.4 Å². The van der Waals surface area contributed by atoms with Gasteiger partial charge in [-0.15, -0.1) is 0 Å². The molecule has 1 aliphatic carbocycles. The SMILES string of the molecule is CCCCC(NC(=O)C(Cc1cccc2ccccc12)CS(=O)c1ccc(OC(C)=O)cc1)C(=O)NC(CC1CCCCC1)C(O)C(O)CN1CCOCC1. The Morgan fingerprint density at radius 3 is 2.35 bits per heavy atom. The van der Waals surface area contributed by atoms with Crippen molar-refractivity contribution in [3.8, 4) is 5.75 Å². The molecule has 1 heterocycles. The number of carbonyl (C=O) groups excluding carboxylic acids is 3. The van der Waals surface area contributed by atoms with E-state index >= 15 is 0 Å². The van der Waals surface area contributed by atoms with Gasteiger partial charge >= 0.3 is 5.97 Å². The quantitative estimate of drug-likeness (QED) is 0.0982. The molecule has 12 heteroatoms. The summed E-state index contributed by atoms with van der Waals surface area (Å²) in [5.41, 5.74) is 0.930. The standard InChI is InChI=1S/C43H59N3O8S/c1-3-4-17-38(43(51)45-39(26-31-11-6-5-7-12-31)41(49)40(48)28-46-22-24-53-25-23-46)44-42(50)34(27-33-15-10-14-32-13-8-9-16-37(32)33)29-55(52)36-20-18-35(19-21-36)54-30(2)47/h8-10,13-16,18-21,31,34,38-41,48-49H,3-7,11-12,17,22-29H2,1-2H3,(H,44,50)(H,45,51). The van der Waals surface area contributed by atoms with Crippen molar-refractivity contribution < 1.29 is 38.3 Å². The summed E-state index contributed by atoms with van der Waals surface area (Å²) in [5, 5.41) is 30.9. The van der Waals surface area contributed by atoms with Gasteiger partial charge in [-0.1, -0.05) is 94.3 Å². The number of aliphatic hydroxyl groups excluding tert-OH is 2. The highest BCUT2D eigenvalue weighted by atomic mass is 32.2. The second-order valence-electron chi connectivity index (χ2n) is 15.1. The number of hydrogen-bond donors (Lipinski definition) is 4. The first-order valence-corrected chi connectivity index (χ1v) is 21.3. The molecule has 6 unspecified atom stereocenters. The number of amides is 2. The lowest BCUT2D eigenvalue weighted by atomic mass is 9.83. The number of unbranched alkanes of at least 4 members (excludes halogenated alkanes) is 1. The van der Waals surface area contributed by atoms with Crippen LogP contribution in [-0.4, -0.2) is 100.0 Å². The van der Waals surface area contributed by atoms with Crippen LogP contribution in [0.15, 0.2) is 71.6 Å². The van der Waals surface area contributed by atoms with Gasteiger partial charge in [0.2, 0.25) is 11.8 Å². The topological polar surface area (TPSA) is 154 Å². The molecule has 0 spiro atoms. The fourth-order valence-corrected chi connectivity index (χ4v) is 9.07. The van der Waals surface area contributed by atoms with E-state index in [1.165, 1.54) is 13.3 Å². The van der Waals surface area contributed by atoms with Crippen LogP contribution in [-0.2, 0) is 36.3 Å². The lowest BCUT2D eigenvalue weighted by Gasteiger charge is -2.35. The first-order chi connectivity index (χ1) is 26.6. The molecule has 3 aromatic rings. The van der Waals surface area contributed by atoms with Gasteiger partial charge in [-0.2, -0.15) is 0 Å². The predicted octanol–water partition coefficient (Wildman–Crippen LogP) is 4.92. The highest BCUT2D eigenvalue weighted by molar-refractivity contribution is 7.85. The number of morpholine rings is 1. The minimum atomic E-state index is -1.60. The maximum atomic E-state index is 14.4. The van der Waals surface area contributed by atoms with Gasteiger partial charge in [0.1, 0.15) is 17.9 Å². The summed E-state index contributed by atoms with van der Waals surface area (Å²) in [6.45, 7) is 6.08. The van der Waals surface area contributed by atoms with Crippen LogP contribution in [0.25, 0.3) is 10.8 Å². The summed E-state index contributed by atoms with van der Waals surface area (Å²) in [7, 11) is -1.60. The molecule has 0 radical (unpaired) electrons. The Labute approximate surface area is 328 Å². The molecule has 0 bridgehead atoms. The largest absolute Gasteiger partial charge is 0.427 e. The van der Waals surface area contributed by atoms with Gasteiger partial charge in [0, 0.05) is 37.2 Å². The highest BCUT2D eigenvalue weighted by Crippen LogP contribution is 2.29. The molecule has 6 atom stereocenters. The number of nitrogens with zero attached hydrogens (tertiary/aromatic N) is 1. The molecule has 4 N–H and O–H groups in total. The number of benzene rings is 3. The molecule has 2 amide bonds. The van der Waals surface area contributed by atoms with Gasteiger partial charge < -0.3 is 30.3 Å². The Morgan fingerprint density at radius 2 is 1.64 bits per heavy atom. The third-order valence-electron chi connectivity index (χ3n) is 10.9. The van der Waals surface area contributed by atoms with Crippen LogP contribution < -0.4 is 15.4 Å². The van der Waals surface area contributed by atoms with Gasteiger partial charge in [0.05, 0.1) is 42.1 Å². The van der Waals surface area contributed by atoms with Crippen molar-refractivity contribution in [1.82, 2.24) is 15.5 Å². The molecule has 1 aliphatic heterocycles. The maximum absolute atomic E-state index is 14.4. The minimum Gasteiger partial charge on any atom is -0.427 e. The van der Waals surface area contributed by atoms with Crippen LogP contribution in [0.4, 0.5) is 0 Å². The summed E-state index contributed by atoms with van der Waals surface area (Å²) in [6, 6.07) is 18.7. The van der Waals surface area contributed by atoms with E-state index in [-0.39, 0.29) is 18.2 Å². The van der Waals surface area contributed by atoms with Crippen molar-refractivity contribution >= 4 is 39.4 Å². The first kappa shape index (κ1) is 42.5. The average Bonchev–Trinajstić information content (AvgIpc) is 3.19. The normalized spacial score (nSPS) is 18.8. The Kier molecular flexibility index (Phi) is 16.7. The minimum absolute atomic E-state index is 0.000828. The zero-order valence-electron chi connectivity index (χ0n) is 32.3. The average molecular weight is 778 g/mol. The number of hydrogen-bond acceptors (Lipinski definition) is 9. The maximum Gasteiger partial charge on any atom is 0.308 e. The Balaban J connectivity index is 1.36. The van der Waals surface area contributed by atoms with Crippen LogP contribution >= 0.6 is 0 Å². The molecule has 5 rings (SSSR count). The second kappa shape index (κ2) is 21.6. The smallest absolute Gasteiger partial charge is 0.308 e. The zero-order valence-corrected chi connectivity index (χ0v) is 33.1. The van der Waals surface area contributed by atoms with Crippen LogP contribution in [0.1, 0.15) is 77.2 Å². The van der Waals surface area contributed by atoms with Crippen molar-refractivity contribution in [2.75, 3.05) is 38.6 Å². The summed E-state index contributed by atoms with van der Waals surface area (Å²) in [6.07, 6.45) is 5.84. The third kappa shape index (κ3) is 12.9. The van der Waals surface area contributed by atoms with Crippen molar-refractivity contribution in [2.24, 2.45) is 11.8 Å². The number of fused-ring (bicyclic) bond motifs is 1. The number of rotatable bonds is 19. The van der Waals surface area contributed by atoms with Crippen molar-refractivity contribution in [2.45, 2.75) is 107 Å². The summed E-state index contributed by atoms with van der Waals surface area (Å²) >= 11 is 0. The van der Waals surface area contributed by atoms with Gasteiger partial charge in [-0.25, -0.2) is 0 Å². The van der Waals surface area contributed by atoms with Crippen LogP contribution in [0.2, 0.25) is 0 Å². The van der Waals surface area contributed by atoms with Crippen LogP contribution in [0, 0.1) is 11.8 Å².